The van der Waals surface area contributed by atoms with E-state index in [1.165, 1.54) is 17.2 Å². The lowest BCUT2D eigenvalue weighted by Gasteiger charge is -2.30. The van der Waals surface area contributed by atoms with Gasteiger partial charge in [-0.15, -0.1) is 0 Å². The summed E-state index contributed by atoms with van der Waals surface area (Å²) in [5.41, 5.74) is 2.62. The van der Waals surface area contributed by atoms with Crippen LogP contribution in [-0.4, -0.2) is 79.7 Å². The third kappa shape index (κ3) is 6.29. The van der Waals surface area contributed by atoms with Gasteiger partial charge in [0.05, 0.1) is 24.9 Å². The summed E-state index contributed by atoms with van der Waals surface area (Å²) >= 11 is 0. The Morgan fingerprint density at radius 1 is 1.23 bits per heavy atom. The number of hydrogen-bond acceptors (Lipinski definition) is 9. The third-order valence-electron chi connectivity index (χ3n) is 5.88. The highest BCUT2D eigenvalue weighted by Crippen LogP contribution is 2.34. The number of anilines is 2. The summed E-state index contributed by atoms with van der Waals surface area (Å²) in [4.78, 5) is 25.1. The Morgan fingerprint density at radius 2 is 2.08 bits per heavy atom. The Labute approximate surface area is 221 Å². The van der Waals surface area contributed by atoms with Crippen molar-refractivity contribution in [1.82, 2.24) is 29.5 Å². The number of aromatic nitrogens is 5. The molecule has 0 radical (unpaired) electrons. The molecular formula is C25H25F2N7O5. The number of alkyl halides is 2. The average Bonchev–Trinajstić information content (AvgIpc) is 3.28. The molecule has 0 bridgehead atoms. The first kappa shape index (κ1) is 26.0. The number of morpholine rings is 1. The number of carboxylic acid groups (broad SMARTS) is 1. The second-order valence-corrected chi connectivity index (χ2v) is 8.81. The quantitative estimate of drug-likeness (QED) is 0.338. The Bertz CT molecular complexity index is 1480. The van der Waals surface area contributed by atoms with Crippen molar-refractivity contribution in [3.8, 4) is 22.8 Å². The van der Waals surface area contributed by atoms with E-state index in [-0.39, 0.29) is 32.2 Å². The number of carbonyl (C=O) groups is 1. The van der Waals surface area contributed by atoms with Crippen LogP contribution in [-0.2, 0) is 4.74 Å². The number of ether oxygens (including phenoxy) is 3. The zero-order valence-electron chi connectivity index (χ0n) is 21.0. The van der Waals surface area contributed by atoms with Gasteiger partial charge in [0.2, 0.25) is 5.88 Å². The van der Waals surface area contributed by atoms with Crippen LogP contribution < -0.4 is 14.8 Å². The third-order valence-corrected chi connectivity index (χ3v) is 5.88. The number of pyridine rings is 2. The van der Waals surface area contributed by atoms with E-state index in [4.69, 9.17) is 9.47 Å². The first-order valence-corrected chi connectivity index (χ1v) is 12.0. The normalized spacial score (nSPS) is 15.5. The Kier molecular flexibility index (Phi) is 7.36. The molecule has 5 rings (SSSR count). The summed E-state index contributed by atoms with van der Waals surface area (Å²) in [7, 11) is 0. The summed E-state index contributed by atoms with van der Waals surface area (Å²) in [6.07, 6.45) is 1.48. The van der Waals surface area contributed by atoms with Crippen molar-refractivity contribution in [3.05, 3.63) is 54.2 Å². The Morgan fingerprint density at radius 3 is 2.85 bits per heavy atom. The van der Waals surface area contributed by atoms with Gasteiger partial charge in [0, 0.05) is 42.2 Å². The highest BCUT2D eigenvalue weighted by Gasteiger charge is 2.25. The number of fused-ring (bicyclic) bond motifs is 1. The first-order chi connectivity index (χ1) is 18.7. The molecule has 1 unspecified atom stereocenters. The highest BCUT2D eigenvalue weighted by atomic mass is 19.3. The molecule has 1 aliphatic heterocycles. The molecule has 204 valence electrons. The molecular weight excluding hydrogens is 516 g/mol. The van der Waals surface area contributed by atoms with E-state index in [9.17, 15) is 18.7 Å². The monoisotopic (exact) mass is 541 g/mol. The zero-order chi connectivity index (χ0) is 27.5. The fourth-order valence-electron chi connectivity index (χ4n) is 4.23. The van der Waals surface area contributed by atoms with E-state index >= 15 is 0 Å². The van der Waals surface area contributed by atoms with E-state index in [1.54, 1.807) is 29.8 Å². The van der Waals surface area contributed by atoms with Gasteiger partial charge in [0.15, 0.2) is 5.82 Å². The number of halogens is 2. The van der Waals surface area contributed by atoms with Crippen molar-refractivity contribution in [2.75, 3.05) is 31.6 Å². The molecule has 2 N–H and O–H groups in total. The van der Waals surface area contributed by atoms with E-state index in [0.717, 1.165) is 5.69 Å². The van der Waals surface area contributed by atoms with Crippen LogP contribution in [0.25, 0.3) is 16.6 Å². The number of hydrogen-bond donors (Lipinski definition) is 2. The lowest BCUT2D eigenvalue weighted by Crippen LogP contribution is -2.47. The predicted octanol–water partition coefficient (Wildman–Crippen LogP) is 3.91. The van der Waals surface area contributed by atoms with Gasteiger partial charge in [-0.25, -0.2) is 24.3 Å². The van der Waals surface area contributed by atoms with Gasteiger partial charge in [0.1, 0.15) is 30.1 Å². The molecule has 0 aliphatic carbocycles. The van der Waals surface area contributed by atoms with Crippen molar-refractivity contribution >= 4 is 23.2 Å². The molecule has 4 aromatic rings. The van der Waals surface area contributed by atoms with Crippen LogP contribution in [0.1, 0.15) is 11.5 Å². The minimum Gasteiger partial charge on any atom is -0.489 e. The largest absolute Gasteiger partial charge is 0.489 e. The van der Waals surface area contributed by atoms with Crippen LogP contribution in [0.15, 0.2) is 42.7 Å². The summed E-state index contributed by atoms with van der Waals surface area (Å²) in [6, 6.07) is 8.54. The maximum absolute atomic E-state index is 12.9. The van der Waals surface area contributed by atoms with Gasteiger partial charge in [0.25, 0.3) is 0 Å². The SMILES string of the molecule is Cc1cc(Nc2cc3cc(-c4cc(OC(F)F)ncc4OCC4CN(C(=O)O)CCO4)ccn3n2)nc(C)n1. The van der Waals surface area contributed by atoms with Crippen molar-refractivity contribution in [1.29, 1.82) is 0 Å². The standard InChI is InChI=1S/C25H25F2N7O5/c1-14-7-21(30-15(2)29-14)31-22-9-17-8-16(3-4-34(17)32-22)19-10-23(39-24(26)27)28-11-20(19)38-13-18-12-33(25(35)36)5-6-37-18/h3-4,7-11,18,24H,5-6,12-13H2,1-2H3,(H,35,36)(H,29,30,31,32). The van der Waals surface area contributed by atoms with Crippen molar-refractivity contribution < 1.29 is 32.9 Å². The number of nitrogens with zero attached hydrogens (tertiary/aromatic N) is 6. The second-order valence-electron chi connectivity index (χ2n) is 8.81. The zero-order valence-corrected chi connectivity index (χ0v) is 21.0. The van der Waals surface area contributed by atoms with E-state index < -0.39 is 18.8 Å². The summed E-state index contributed by atoms with van der Waals surface area (Å²) in [6.45, 7) is 1.33. The van der Waals surface area contributed by atoms with Crippen LogP contribution in [0.5, 0.6) is 11.6 Å². The number of nitrogens with one attached hydrogen (secondary N) is 1. The van der Waals surface area contributed by atoms with Crippen LogP contribution in [0, 0.1) is 13.8 Å². The minimum absolute atomic E-state index is 0.0360. The van der Waals surface area contributed by atoms with Gasteiger partial charge in [-0.2, -0.15) is 13.9 Å². The van der Waals surface area contributed by atoms with E-state index in [2.05, 4.69) is 30.1 Å². The van der Waals surface area contributed by atoms with Crippen LogP contribution in [0.2, 0.25) is 0 Å². The number of aryl methyl sites for hydroxylation is 2. The van der Waals surface area contributed by atoms with Crippen LogP contribution in [0.3, 0.4) is 0 Å². The molecule has 1 fully saturated rings. The van der Waals surface area contributed by atoms with E-state index in [1.807, 2.05) is 19.1 Å². The molecule has 0 aromatic carbocycles. The Hall–Kier alpha value is -4.59. The van der Waals surface area contributed by atoms with Crippen molar-refractivity contribution in [3.63, 3.8) is 0 Å². The lowest BCUT2D eigenvalue weighted by atomic mass is 10.1. The summed E-state index contributed by atoms with van der Waals surface area (Å²) in [5, 5.41) is 16.9. The van der Waals surface area contributed by atoms with Gasteiger partial charge in [-0.3, -0.25) is 0 Å². The van der Waals surface area contributed by atoms with E-state index in [0.29, 0.717) is 39.9 Å². The van der Waals surface area contributed by atoms with Crippen LogP contribution >= 0.6 is 0 Å². The Balaban J connectivity index is 1.41. The fourth-order valence-corrected chi connectivity index (χ4v) is 4.23. The fraction of sp³-hybridized carbons (Fsp3) is 0.320. The van der Waals surface area contributed by atoms with Crippen molar-refractivity contribution in [2.45, 2.75) is 26.6 Å². The molecule has 12 nitrogen and oxygen atoms in total. The molecule has 39 heavy (non-hydrogen) atoms. The number of rotatable bonds is 8. The predicted molar refractivity (Wildman–Crippen MR) is 135 cm³/mol. The first-order valence-electron chi connectivity index (χ1n) is 12.0. The molecule has 1 saturated heterocycles. The molecule has 4 aromatic heterocycles. The van der Waals surface area contributed by atoms with Gasteiger partial charge in [-0.1, -0.05) is 0 Å². The van der Waals surface area contributed by atoms with Crippen LogP contribution in [0.4, 0.5) is 25.2 Å². The highest BCUT2D eigenvalue weighted by molar-refractivity contribution is 5.75. The van der Waals surface area contributed by atoms with Crippen molar-refractivity contribution in [2.24, 2.45) is 0 Å². The second kappa shape index (κ2) is 11.0. The summed E-state index contributed by atoms with van der Waals surface area (Å²) < 4.78 is 43.5. The maximum atomic E-state index is 12.9. The topological polar surface area (TPSA) is 136 Å². The smallest absolute Gasteiger partial charge is 0.407 e. The lowest BCUT2D eigenvalue weighted by molar-refractivity contribution is -0.0530. The number of amides is 1. The average molecular weight is 542 g/mol. The molecule has 5 heterocycles. The van der Waals surface area contributed by atoms with Gasteiger partial charge in [-0.05, 0) is 31.5 Å². The van der Waals surface area contributed by atoms with Gasteiger partial charge < -0.3 is 29.5 Å². The molecule has 0 saturated carbocycles. The molecule has 1 aliphatic rings. The van der Waals surface area contributed by atoms with Gasteiger partial charge >= 0.3 is 12.7 Å². The molecule has 1 atom stereocenters. The molecule has 1 amide bonds. The summed E-state index contributed by atoms with van der Waals surface area (Å²) in [5.74, 6) is 1.80. The molecule has 14 heteroatoms. The molecule has 0 spiro atoms. The minimum atomic E-state index is -3.05. The maximum Gasteiger partial charge on any atom is 0.407 e.